The van der Waals surface area contributed by atoms with Gasteiger partial charge in [-0.3, -0.25) is 4.68 Å². The number of nitrogens with zero attached hydrogens (tertiary/aromatic N) is 4. The first-order valence-electron chi connectivity index (χ1n) is 15.5. The van der Waals surface area contributed by atoms with Crippen LogP contribution in [-0.4, -0.2) is 32.5 Å². The van der Waals surface area contributed by atoms with E-state index in [-0.39, 0.29) is 5.41 Å². The Hall–Kier alpha value is -4.00. The lowest BCUT2D eigenvalue weighted by atomic mass is 9.81. The molecule has 2 aromatic heterocycles. The van der Waals surface area contributed by atoms with E-state index in [0.29, 0.717) is 19.8 Å². The van der Waals surface area contributed by atoms with Crippen molar-refractivity contribution in [1.82, 2.24) is 19.3 Å². The Kier molecular flexibility index (Phi) is 8.87. The minimum Gasteiger partial charge on any atom is -0.345 e. The molecule has 1 saturated heterocycles. The summed E-state index contributed by atoms with van der Waals surface area (Å²) in [4.78, 5) is 5.27. The molecular weight excluding hydrogens is 532 g/mol. The first-order valence-corrected chi connectivity index (χ1v) is 15.5. The predicted molar refractivity (Wildman–Crippen MR) is 172 cm³/mol. The van der Waals surface area contributed by atoms with Crippen molar-refractivity contribution in [2.75, 3.05) is 13.2 Å². The van der Waals surface area contributed by atoms with E-state index in [0.717, 1.165) is 66.3 Å². The maximum atomic E-state index is 6.60. The Bertz CT molecular complexity index is 1600. The second-order valence-electron chi connectivity index (χ2n) is 11.9. The Morgan fingerprint density at radius 1 is 0.814 bits per heavy atom. The largest absolute Gasteiger partial charge is 0.345 e. The van der Waals surface area contributed by atoms with E-state index < -0.39 is 6.29 Å². The summed E-state index contributed by atoms with van der Waals surface area (Å²) in [6.45, 7) is 9.39. The molecule has 1 aliphatic heterocycles. The highest BCUT2D eigenvalue weighted by atomic mass is 16.7. The zero-order valence-electron chi connectivity index (χ0n) is 25.6. The van der Waals surface area contributed by atoms with Crippen molar-refractivity contribution in [3.05, 3.63) is 120 Å². The zero-order chi connectivity index (χ0) is 29.6. The molecule has 222 valence electrons. The van der Waals surface area contributed by atoms with Crippen LogP contribution in [0.25, 0.3) is 22.5 Å². The molecule has 1 fully saturated rings. The molecule has 43 heavy (non-hydrogen) atoms. The highest BCUT2D eigenvalue weighted by molar-refractivity contribution is 5.79. The van der Waals surface area contributed by atoms with E-state index in [4.69, 9.17) is 14.5 Å². The Morgan fingerprint density at radius 2 is 1.44 bits per heavy atom. The van der Waals surface area contributed by atoms with E-state index in [1.807, 2.05) is 6.07 Å². The van der Waals surface area contributed by atoms with Gasteiger partial charge in [-0.1, -0.05) is 104 Å². The molecule has 6 rings (SSSR count). The van der Waals surface area contributed by atoms with Gasteiger partial charge in [0.05, 0.1) is 30.3 Å². The van der Waals surface area contributed by atoms with Crippen LogP contribution in [0, 0.1) is 19.3 Å². The van der Waals surface area contributed by atoms with Crippen molar-refractivity contribution in [1.29, 1.82) is 0 Å². The number of benzene rings is 3. The molecule has 0 amide bonds. The molecule has 3 heterocycles. The average molecular weight is 575 g/mol. The highest BCUT2D eigenvalue weighted by Crippen LogP contribution is 2.41. The minimum atomic E-state index is -0.530. The maximum Gasteiger partial charge on any atom is 0.217 e. The molecule has 0 N–H and O–H groups in total. The second-order valence-corrected chi connectivity index (χ2v) is 11.9. The third-order valence-electron chi connectivity index (χ3n) is 8.75. The normalized spacial score (nSPS) is 18.6. The van der Waals surface area contributed by atoms with Crippen LogP contribution in [0.4, 0.5) is 0 Å². The number of rotatable bonds is 11. The van der Waals surface area contributed by atoms with Crippen LogP contribution in [0.1, 0.15) is 61.7 Å². The fraction of sp³-hybridized carbons (Fsp3) is 0.351. The Morgan fingerprint density at radius 3 is 2.05 bits per heavy atom. The number of hydrogen-bond donors (Lipinski definition) is 0. The molecule has 0 atom stereocenters. The highest BCUT2D eigenvalue weighted by Gasteiger charge is 2.38. The smallest absolute Gasteiger partial charge is 0.217 e. The van der Waals surface area contributed by atoms with E-state index in [9.17, 15) is 0 Å². The third kappa shape index (κ3) is 6.51. The van der Waals surface area contributed by atoms with Gasteiger partial charge < -0.3 is 14.0 Å². The standard InChI is InChI=1S/C37H42N4O2/c1-4-37(22-14-15-23-41-29(3)24-28(2)39-41)26-42-36(43-27-37)35-38-33(31-18-10-6-11-19-31)34(32-20-12-7-13-21-32)40(35)25-30-16-8-5-9-17-30/h5-13,16-21,24,36H,4,14-15,22-23,25-27H2,1-3H3/t36-,37+. The topological polar surface area (TPSA) is 54.1 Å². The van der Waals surface area contributed by atoms with E-state index in [1.165, 1.54) is 11.3 Å². The number of unbranched alkanes of at least 4 members (excludes halogenated alkanes) is 1. The fourth-order valence-electron chi connectivity index (χ4n) is 6.19. The van der Waals surface area contributed by atoms with Gasteiger partial charge >= 0.3 is 0 Å². The lowest BCUT2D eigenvalue weighted by Gasteiger charge is -2.39. The van der Waals surface area contributed by atoms with Crippen LogP contribution in [-0.2, 0) is 22.6 Å². The van der Waals surface area contributed by atoms with Crippen molar-refractivity contribution in [3.8, 4) is 22.5 Å². The lowest BCUT2D eigenvalue weighted by Crippen LogP contribution is -2.39. The molecule has 0 aliphatic carbocycles. The van der Waals surface area contributed by atoms with Crippen molar-refractivity contribution >= 4 is 0 Å². The van der Waals surface area contributed by atoms with Gasteiger partial charge in [0.15, 0.2) is 5.82 Å². The summed E-state index contributed by atoms with van der Waals surface area (Å²) in [5, 5.41) is 4.62. The number of imidazole rings is 1. The van der Waals surface area contributed by atoms with Crippen LogP contribution < -0.4 is 0 Å². The van der Waals surface area contributed by atoms with Gasteiger partial charge in [0.2, 0.25) is 6.29 Å². The molecular formula is C37H42N4O2. The zero-order valence-corrected chi connectivity index (χ0v) is 25.6. The first kappa shape index (κ1) is 29.1. The summed E-state index contributed by atoms with van der Waals surface area (Å²) < 4.78 is 17.6. The molecule has 3 aromatic carbocycles. The van der Waals surface area contributed by atoms with Gasteiger partial charge in [-0.15, -0.1) is 0 Å². The van der Waals surface area contributed by atoms with Crippen LogP contribution in [0.2, 0.25) is 0 Å². The molecule has 5 aromatic rings. The summed E-state index contributed by atoms with van der Waals surface area (Å²) >= 11 is 0. The number of ether oxygens (including phenoxy) is 2. The molecule has 0 radical (unpaired) electrons. The van der Waals surface area contributed by atoms with Crippen molar-refractivity contribution < 1.29 is 9.47 Å². The van der Waals surface area contributed by atoms with Gasteiger partial charge in [-0.05, 0) is 44.7 Å². The lowest BCUT2D eigenvalue weighted by molar-refractivity contribution is -0.240. The Labute approximate surface area is 255 Å². The summed E-state index contributed by atoms with van der Waals surface area (Å²) in [5.41, 5.74) is 7.75. The van der Waals surface area contributed by atoms with Gasteiger partial charge in [0, 0.05) is 35.3 Å². The summed E-state index contributed by atoms with van der Waals surface area (Å²) in [6.07, 6.45) is 3.76. The molecule has 0 bridgehead atoms. The van der Waals surface area contributed by atoms with Gasteiger partial charge in [0.25, 0.3) is 0 Å². The summed E-state index contributed by atoms with van der Waals surface area (Å²) in [6, 6.07) is 33.7. The molecule has 0 unspecified atom stereocenters. The van der Waals surface area contributed by atoms with Gasteiger partial charge in [-0.25, -0.2) is 4.98 Å². The Balaban J connectivity index is 1.26. The van der Waals surface area contributed by atoms with Crippen LogP contribution >= 0.6 is 0 Å². The maximum absolute atomic E-state index is 6.60. The minimum absolute atomic E-state index is 0.00690. The third-order valence-corrected chi connectivity index (χ3v) is 8.75. The predicted octanol–water partition coefficient (Wildman–Crippen LogP) is 8.39. The summed E-state index contributed by atoms with van der Waals surface area (Å²) in [7, 11) is 0. The molecule has 0 saturated carbocycles. The van der Waals surface area contributed by atoms with E-state index >= 15 is 0 Å². The number of aromatic nitrogens is 4. The van der Waals surface area contributed by atoms with Crippen molar-refractivity contribution in [2.45, 2.75) is 65.8 Å². The number of aryl methyl sites for hydroxylation is 3. The SMILES string of the molecule is CC[C@]1(CCCCn2nc(C)cc2C)CO[C@@H](c2nc(-c3ccccc3)c(-c3ccccc3)n2Cc2ccccc2)OC1. The fourth-order valence-corrected chi connectivity index (χ4v) is 6.19. The van der Waals surface area contributed by atoms with Crippen molar-refractivity contribution in [2.24, 2.45) is 5.41 Å². The molecule has 6 nitrogen and oxygen atoms in total. The van der Waals surface area contributed by atoms with Gasteiger partial charge in [-0.2, -0.15) is 5.10 Å². The van der Waals surface area contributed by atoms with Crippen molar-refractivity contribution in [3.63, 3.8) is 0 Å². The molecule has 1 aliphatic rings. The second kappa shape index (κ2) is 13.1. The van der Waals surface area contributed by atoms with Gasteiger partial charge in [0.1, 0.15) is 0 Å². The quantitative estimate of drug-likeness (QED) is 0.149. The number of hydrogen-bond acceptors (Lipinski definition) is 4. The van der Waals surface area contributed by atoms with E-state index in [1.54, 1.807) is 0 Å². The van der Waals surface area contributed by atoms with Crippen LogP contribution in [0.5, 0.6) is 0 Å². The molecule has 6 heteroatoms. The first-order chi connectivity index (χ1) is 21.0. The average Bonchev–Trinajstić information content (AvgIpc) is 3.59. The molecule has 0 spiro atoms. The monoisotopic (exact) mass is 574 g/mol. The van der Waals surface area contributed by atoms with E-state index in [2.05, 4.69) is 126 Å². The summed E-state index contributed by atoms with van der Waals surface area (Å²) in [5.74, 6) is 0.816. The van der Waals surface area contributed by atoms with Crippen LogP contribution in [0.3, 0.4) is 0 Å². The van der Waals surface area contributed by atoms with Crippen LogP contribution in [0.15, 0.2) is 97.1 Å².